The molecule has 29 heavy (non-hydrogen) atoms. The predicted octanol–water partition coefficient (Wildman–Crippen LogP) is 3.63. The van der Waals surface area contributed by atoms with Crippen LogP contribution in [0.25, 0.3) is 11.3 Å². The van der Waals surface area contributed by atoms with Crippen molar-refractivity contribution in [2.45, 2.75) is 0 Å². The van der Waals surface area contributed by atoms with Crippen LogP contribution in [-0.4, -0.2) is 50.4 Å². The topological polar surface area (TPSA) is 50.7 Å². The number of aromatic nitrogens is 2. The Morgan fingerprint density at radius 3 is 2.21 bits per heavy atom. The molecule has 2 aromatic carbocycles. The minimum Gasteiger partial charge on any atom is -0.493 e. The monoisotopic (exact) mass is 394 g/mol. The van der Waals surface area contributed by atoms with E-state index in [0.717, 1.165) is 48.9 Å². The molecular formula is C22H23FN4O2. The molecule has 0 unspecified atom stereocenters. The van der Waals surface area contributed by atoms with E-state index in [0.29, 0.717) is 11.5 Å². The van der Waals surface area contributed by atoms with Crippen molar-refractivity contribution < 1.29 is 13.9 Å². The van der Waals surface area contributed by atoms with Gasteiger partial charge in [0.05, 0.1) is 32.3 Å². The average molecular weight is 394 g/mol. The summed E-state index contributed by atoms with van der Waals surface area (Å²) >= 11 is 0. The normalized spacial score (nSPS) is 14.0. The van der Waals surface area contributed by atoms with Crippen molar-refractivity contribution >= 4 is 11.5 Å². The molecule has 150 valence electrons. The van der Waals surface area contributed by atoms with Gasteiger partial charge in [0, 0.05) is 37.4 Å². The van der Waals surface area contributed by atoms with Crippen molar-refractivity contribution in [2.24, 2.45) is 0 Å². The van der Waals surface area contributed by atoms with E-state index in [4.69, 9.17) is 14.5 Å². The molecule has 0 saturated carbocycles. The molecule has 3 aromatic rings. The number of ether oxygens (including phenoxy) is 2. The second kappa shape index (κ2) is 8.34. The first-order valence-electron chi connectivity index (χ1n) is 9.48. The van der Waals surface area contributed by atoms with Crippen LogP contribution in [-0.2, 0) is 0 Å². The summed E-state index contributed by atoms with van der Waals surface area (Å²) in [5.74, 6) is 1.97. The molecule has 6 nitrogen and oxygen atoms in total. The first-order valence-corrected chi connectivity index (χ1v) is 9.48. The third-order valence-corrected chi connectivity index (χ3v) is 5.10. The number of rotatable bonds is 5. The van der Waals surface area contributed by atoms with Crippen molar-refractivity contribution in [1.29, 1.82) is 0 Å². The molecule has 0 amide bonds. The van der Waals surface area contributed by atoms with E-state index in [-0.39, 0.29) is 5.82 Å². The molecule has 1 aliphatic heterocycles. The van der Waals surface area contributed by atoms with Crippen molar-refractivity contribution in [3.05, 3.63) is 60.7 Å². The lowest BCUT2D eigenvalue weighted by Gasteiger charge is -2.36. The van der Waals surface area contributed by atoms with Crippen LogP contribution in [0.3, 0.4) is 0 Å². The molecule has 1 aromatic heterocycles. The quantitative estimate of drug-likeness (QED) is 0.659. The van der Waals surface area contributed by atoms with E-state index in [1.165, 1.54) is 12.1 Å². The van der Waals surface area contributed by atoms with Crippen molar-refractivity contribution in [3.8, 4) is 22.8 Å². The summed E-state index contributed by atoms with van der Waals surface area (Å²) in [6.07, 6.45) is 3.54. The van der Waals surface area contributed by atoms with Gasteiger partial charge in [0.25, 0.3) is 0 Å². The maximum absolute atomic E-state index is 13.1. The largest absolute Gasteiger partial charge is 0.493 e. The Balaban J connectivity index is 1.49. The van der Waals surface area contributed by atoms with Crippen LogP contribution in [0, 0.1) is 5.82 Å². The van der Waals surface area contributed by atoms with Gasteiger partial charge in [0.15, 0.2) is 11.5 Å². The number of benzene rings is 2. The van der Waals surface area contributed by atoms with Gasteiger partial charge >= 0.3 is 0 Å². The highest BCUT2D eigenvalue weighted by molar-refractivity contribution is 5.64. The third kappa shape index (κ3) is 4.08. The summed E-state index contributed by atoms with van der Waals surface area (Å²) in [6, 6.07) is 12.4. The highest BCUT2D eigenvalue weighted by Crippen LogP contribution is 2.32. The fourth-order valence-electron chi connectivity index (χ4n) is 3.49. The molecule has 0 bridgehead atoms. The number of hydrogen-bond acceptors (Lipinski definition) is 6. The van der Waals surface area contributed by atoms with Gasteiger partial charge in [-0.05, 0) is 42.5 Å². The van der Waals surface area contributed by atoms with E-state index in [2.05, 4.69) is 14.8 Å². The lowest BCUT2D eigenvalue weighted by Crippen LogP contribution is -2.46. The molecule has 7 heteroatoms. The van der Waals surface area contributed by atoms with Gasteiger partial charge in [-0.3, -0.25) is 4.98 Å². The van der Waals surface area contributed by atoms with Crippen LogP contribution < -0.4 is 19.3 Å². The molecule has 4 rings (SSSR count). The summed E-state index contributed by atoms with van der Waals surface area (Å²) in [5, 5.41) is 0. The fraction of sp³-hybridized carbons (Fsp3) is 0.273. The predicted molar refractivity (Wildman–Crippen MR) is 111 cm³/mol. The Labute approximate surface area is 169 Å². The van der Waals surface area contributed by atoms with Gasteiger partial charge < -0.3 is 19.3 Å². The summed E-state index contributed by atoms with van der Waals surface area (Å²) in [4.78, 5) is 13.7. The maximum atomic E-state index is 13.1. The maximum Gasteiger partial charge on any atom is 0.161 e. The molecule has 0 atom stereocenters. The van der Waals surface area contributed by atoms with Gasteiger partial charge in [0.1, 0.15) is 11.6 Å². The Morgan fingerprint density at radius 2 is 1.52 bits per heavy atom. The fourth-order valence-corrected chi connectivity index (χ4v) is 3.49. The van der Waals surface area contributed by atoms with Gasteiger partial charge in [-0.1, -0.05) is 0 Å². The number of piperazine rings is 1. The highest BCUT2D eigenvalue weighted by atomic mass is 19.1. The highest BCUT2D eigenvalue weighted by Gasteiger charge is 2.19. The number of methoxy groups -OCH3 is 2. The second-order valence-corrected chi connectivity index (χ2v) is 6.78. The molecule has 0 N–H and O–H groups in total. The van der Waals surface area contributed by atoms with Gasteiger partial charge in [0.2, 0.25) is 0 Å². The lowest BCUT2D eigenvalue weighted by molar-refractivity contribution is 0.355. The number of anilines is 2. The summed E-state index contributed by atoms with van der Waals surface area (Å²) in [6.45, 7) is 3.32. The average Bonchev–Trinajstić information content (AvgIpc) is 2.79. The SMILES string of the molecule is COc1ccc(-c2cncc(N3CCN(c4ccc(F)cc4)CC3)n2)cc1OC. The van der Waals surface area contributed by atoms with E-state index >= 15 is 0 Å². The van der Waals surface area contributed by atoms with Crippen LogP contribution >= 0.6 is 0 Å². The minimum absolute atomic E-state index is 0.213. The zero-order chi connectivity index (χ0) is 20.2. The molecule has 2 heterocycles. The van der Waals surface area contributed by atoms with Gasteiger partial charge in [-0.25, -0.2) is 9.37 Å². The Bertz CT molecular complexity index is 973. The number of hydrogen-bond donors (Lipinski definition) is 0. The molecule has 0 aliphatic carbocycles. The van der Waals surface area contributed by atoms with Crippen LogP contribution in [0.5, 0.6) is 11.5 Å². The van der Waals surface area contributed by atoms with Crippen LogP contribution in [0.15, 0.2) is 54.9 Å². The molecule has 1 fully saturated rings. The lowest BCUT2D eigenvalue weighted by atomic mass is 10.1. The smallest absolute Gasteiger partial charge is 0.161 e. The van der Waals surface area contributed by atoms with Crippen molar-refractivity contribution in [3.63, 3.8) is 0 Å². The standard InChI is InChI=1S/C22H23FN4O2/c1-28-20-8-3-16(13-21(20)29-2)19-14-24-15-22(25-19)27-11-9-26(10-12-27)18-6-4-17(23)5-7-18/h3-8,13-15H,9-12H2,1-2H3. The molecular weight excluding hydrogens is 371 g/mol. The Kier molecular flexibility index (Phi) is 5.46. The molecule has 0 spiro atoms. The van der Waals surface area contributed by atoms with Crippen LogP contribution in [0.4, 0.5) is 15.9 Å². The third-order valence-electron chi connectivity index (χ3n) is 5.10. The molecule has 0 radical (unpaired) electrons. The summed E-state index contributed by atoms with van der Waals surface area (Å²) in [5.41, 5.74) is 2.74. The van der Waals surface area contributed by atoms with E-state index < -0.39 is 0 Å². The zero-order valence-electron chi connectivity index (χ0n) is 16.5. The summed E-state index contributed by atoms with van der Waals surface area (Å²) < 4.78 is 23.8. The van der Waals surface area contributed by atoms with Crippen molar-refractivity contribution in [1.82, 2.24) is 9.97 Å². The number of nitrogens with zero attached hydrogens (tertiary/aromatic N) is 4. The molecule has 1 aliphatic rings. The number of halogens is 1. The summed E-state index contributed by atoms with van der Waals surface area (Å²) in [7, 11) is 3.23. The Morgan fingerprint density at radius 1 is 0.828 bits per heavy atom. The van der Waals surface area contributed by atoms with E-state index in [1.54, 1.807) is 26.6 Å². The van der Waals surface area contributed by atoms with Crippen LogP contribution in [0.1, 0.15) is 0 Å². The molecule has 1 saturated heterocycles. The van der Waals surface area contributed by atoms with E-state index in [9.17, 15) is 4.39 Å². The van der Waals surface area contributed by atoms with Gasteiger partial charge in [-0.15, -0.1) is 0 Å². The zero-order valence-corrected chi connectivity index (χ0v) is 16.5. The Hall–Kier alpha value is -3.35. The minimum atomic E-state index is -0.213. The second-order valence-electron chi connectivity index (χ2n) is 6.78. The van der Waals surface area contributed by atoms with Crippen molar-refractivity contribution in [2.75, 3.05) is 50.2 Å². The van der Waals surface area contributed by atoms with E-state index in [1.807, 2.05) is 30.3 Å². The van der Waals surface area contributed by atoms with Crippen LogP contribution in [0.2, 0.25) is 0 Å². The first-order chi connectivity index (χ1) is 14.2. The van der Waals surface area contributed by atoms with Gasteiger partial charge in [-0.2, -0.15) is 0 Å². The first kappa shape index (κ1) is 19.0.